The summed E-state index contributed by atoms with van der Waals surface area (Å²) < 4.78 is 7.95. The number of rotatable bonds is 6. The number of halogens is 1. The van der Waals surface area contributed by atoms with Crippen LogP contribution in [0.1, 0.15) is 45.7 Å². The molecule has 1 aliphatic rings. The quantitative estimate of drug-likeness (QED) is 0.356. The van der Waals surface area contributed by atoms with E-state index < -0.39 is 0 Å². The van der Waals surface area contributed by atoms with E-state index in [1.54, 1.807) is 0 Å². The Morgan fingerprint density at radius 3 is 2.69 bits per heavy atom. The highest BCUT2D eigenvalue weighted by molar-refractivity contribution is 14.0. The summed E-state index contributed by atoms with van der Waals surface area (Å²) >= 11 is 0. The number of hydrogen-bond acceptors (Lipinski definition) is 3. The minimum atomic E-state index is 0. The fourth-order valence-corrected chi connectivity index (χ4v) is 3.63. The van der Waals surface area contributed by atoms with Gasteiger partial charge >= 0.3 is 0 Å². The second-order valence-electron chi connectivity index (χ2n) is 7.77. The smallest absolute Gasteiger partial charge is 0.194 e. The van der Waals surface area contributed by atoms with Gasteiger partial charge in [0, 0.05) is 32.0 Å². The lowest BCUT2D eigenvalue weighted by atomic mass is 9.93. The van der Waals surface area contributed by atoms with Crippen molar-refractivity contribution in [3.63, 3.8) is 0 Å². The van der Waals surface area contributed by atoms with Gasteiger partial charge in [-0.3, -0.25) is 0 Å². The van der Waals surface area contributed by atoms with Gasteiger partial charge in [0.15, 0.2) is 5.96 Å². The number of likely N-dealkylation sites (tertiary alicyclic amines) is 1. The second-order valence-corrected chi connectivity index (χ2v) is 7.77. The van der Waals surface area contributed by atoms with Crippen molar-refractivity contribution in [1.82, 2.24) is 19.8 Å². The molecule has 6 nitrogen and oxygen atoms in total. The molecule has 0 radical (unpaired) electrons. The van der Waals surface area contributed by atoms with Crippen molar-refractivity contribution < 1.29 is 4.74 Å². The molecule has 29 heavy (non-hydrogen) atoms. The number of hydrogen-bond donors (Lipinski definition) is 1. The van der Waals surface area contributed by atoms with Gasteiger partial charge in [-0.15, -0.1) is 24.0 Å². The van der Waals surface area contributed by atoms with E-state index in [9.17, 15) is 0 Å². The monoisotopic (exact) mass is 511 g/mol. The number of nitrogens with one attached hydrogen (secondary N) is 1. The van der Waals surface area contributed by atoms with E-state index in [0.717, 1.165) is 37.8 Å². The van der Waals surface area contributed by atoms with Crippen molar-refractivity contribution in [2.45, 2.75) is 52.8 Å². The van der Waals surface area contributed by atoms with E-state index in [0.29, 0.717) is 18.5 Å². The largest absolute Gasteiger partial charge is 0.491 e. The van der Waals surface area contributed by atoms with Gasteiger partial charge in [-0.05, 0) is 50.8 Å². The molecule has 0 bridgehead atoms. The van der Waals surface area contributed by atoms with Crippen LogP contribution in [-0.2, 0) is 6.54 Å². The highest BCUT2D eigenvalue weighted by atomic mass is 127. The maximum Gasteiger partial charge on any atom is 0.194 e. The van der Waals surface area contributed by atoms with Crippen molar-refractivity contribution in [2.24, 2.45) is 10.9 Å². The molecule has 1 aromatic carbocycles. The van der Waals surface area contributed by atoms with Crippen LogP contribution < -0.4 is 10.1 Å². The summed E-state index contributed by atoms with van der Waals surface area (Å²) in [6, 6.07) is 8.66. The third-order valence-corrected chi connectivity index (χ3v) is 5.17. The van der Waals surface area contributed by atoms with Gasteiger partial charge in [-0.2, -0.15) is 0 Å². The Morgan fingerprint density at radius 1 is 1.31 bits per heavy atom. The molecule has 160 valence electrons. The summed E-state index contributed by atoms with van der Waals surface area (Å²) in [5.41, 5.74) is 1.18. The van der Waals surface area contributed by atoms with Gasteiger partial charge in [-0.25, -0.2) is 9.98 Å². The van der Waals surface area contributed by atoms with Gasteiger partial charge in [0.1, 0.15) is 5.75 Å². The van der Waals surface area contributed by atoms with Gasteiger partial charge in [-0.1, -0.05) is 19.1 Å². The van der Waals surface area contributed by atoms with Gasteiger partial charge in [0.25, 0.3) is 0 Å². The van der Waals surface area contributed by atoms with Gasteiger partial charge < -0.3 is 19.5 Å². The molecule has 0 saturated carbocycles. The number of ether oxygens (including phenoxy) is 1. The first-order chi connectivity index (χ1) is 13.6. The van der Waals surface area contributed by atoms with Crippen molar-refractivity contribution in [3.05, 3.63) is 48.5 Å². The molecule has 0 spiro atoms. The van der Waals surface area contributed by atoms with Crippen LogP contribution in [0.5, 0.6) is 5.75 Å². The van der Waals surface area contributed by atoms with Crippen LogP contribution in [0, 0.1) is 5.92 Å². The molecule has 2 aromatic rings. The molecule has 0 amide bonds. The molecule has 3 rings (SSSR count). The maximum atomic E-state index is 5.72. The molecule has 7 heteroatoms. The summed E-state index contributed by atoms with van der Waals surface area (Å²) in [7, 11) is 0. The van der Waals surface area contributed by atoms with Crippen molar-refractivity contribution >= 4 is 29.9 Å². The average Bonchev–Trinajstić information content (AvgIpc) is 3.21. The maximum absolute atomic E-state index is 5.72. The summed E-state index contributed by atoms with van der Waals surface area (Å²) in [6.45, 7) is 12.0. The summed E-state index contributed by atoms with van der Waals surface area (Å²) in [5.74, 6) is 2.52. The van der Waals surface area contributed by atoms with Gasteiger partial charge in [0.05, 0.1) is 25.0 Å². The molecule has 1 aliphatic heterocycles. The number of piperidine rings is 1. The number of imidazole rings is 1. The number of guanidine groups is 1. The Hall–Kier alpha value is -1.77. The van der Waals surface area contributed by atoms with E-state index in [4.69, 9.17) is 9.73 Å². The second kappa shape index (κ2) is 11.4. The summed E-state index contributed by atoms with van der Waals surface area (Å²) in [5, 5.41) is 3.47. The molecule has 1 fully saturated rings. The summed E-state index contributed by atoms with van der Waals surface area (Å²) in [4.78, 5) is 11.5. The number of aliphatic imine (C=N–C) groups is 1. The number of nitrogens with zero attached hydrogens (tertiary/aromatic N) is 4. The first-order valence-corrected chi connectivity index (χ1v) is 10.3. The SMILES string of the molecule is CCNC(=NCc1ccc(OC(C)C)cc1)N1CCC(C)C(n2ccnc2)C1.I. The third kappa shape index (κ3) is 6.62. The van der Waals surface area contributed by atoms with E-state index >= 15 is 0 Å². The molecular formula is C22H34IN5O. The van der Waals surface area contributed by atoms with Crippen LogP contribution in [-0.4, -0.2) is 46.1 Å². The average molecular weight is 511 g/mol. The zero-order valence-electron chi connectivity index (χ0n) is 17.9. The van der Waals surface area contributed by atoms with Crippen molar-refractivity contribution in [3.8, 4) is 5.75 Å². The third-order valence-electron chi connectivity index (χ3n) is 5.17. The highest BCUT2D eigenvalue weighted by Gasteiger charge is 2.28. The normalized spacial score (nSPS) is 19.8. The van der Waals surface area contributed by atoms with E-state index in [-0.39, 0.29) is 30.1 Å². The highest BCUT2D eigenvalue weighted by Crippen LogP contribution is 2.27. The predicted molar refractivity (Wildman–Crippen MR) is 129 cm³/mol. The van der Waals surface area contributed by atoms with Crippen LogP contribution in [0.2, 0.25) is 0 Å². The molecular weight excluding hydrogens is 477 g/mol. The van der Waals surface area contributed by atoms with Crippen LogP contribution in [0.15, 0.2) is 48.0 Å². The first kappa shape index (κ1) is 23.5. The number of benzene rings is 1. The molecule has 2 heterocycles. The predicted octanol–water partition coefficient (Wildman–Crippen LogP) is 4.34. The number of aromatic nitrogens is 2. The van der Waals surface area contributed by atoms with Crippen molar-refractivity contribution in [1.29, 1.82) is 0 Å². The molecule has 1 N–H and O–H groups in total. The van der Waals surface area contributed by atoms with E-state index in [2.05, 4.69) is 51.9 Å². The fraction of sp³-hybridized carbons (Fsp3) is 0.545. The molecule has 0 aliphatic carbocycles. The molecule has 2 atom stereocenters. The topological polar surface area (TPSA) is 54.7 Å². The summed E-state index contributed by atoms with van der Waals surface area (Å²) in [6.07, 6.45) is 7.19. The Kier molecular flexibility index (Phi) is 9.26. The Bertz CT molecular complexity index is 745. The lowest BCUT2D eigenvalue weighted by molar-refractivity contribution is 0.189. The standard InChI is InChI=1S/C22H33N5O.HI/c1-5-24-22(25-14-19-6-8-20(9-7-19)28-17(2)3)26-12-10-18(4)21(15-26)27-13-11-23-16-27;/h6-9,11,13,16-18,21H,5,10,12,14-15H2,1-4H3,(H,24,25);1H. The Morgan fingerprint density at radius 2 is 2.07 bits per heavy atom. The fourth-order valence-electron chi connectivity index (χ4n) is 3.63. The minimum absolute atomic E-state index is 0. The minimum Gasteiger partial charge on any atom is -0.491 e. The van der Waals surface area contributed by atoms with Crippen LogP contribution in [0.25, 0.3) is 0 Å². The van der Waals surface area contributed by atoms with Crippen LogP contribution >= 0.6 is 24.0 Å². The van der Waals surface area contributed by atoms with Gasteiger partial charge in [0.2, 0.25) is 0 Å². The molecule has 2 unspecified atom stereocenters. The zero-order chi connectivity index (χ0) is 19.9. The van der Waals surface area contributed by atoms with Crippen molar-refractivity contribution in [2.75, 3.05) is 19.6 Å². The van der Waals surface area contributed by atoms with E-state index in [1.165, 1.54) is 5.56 Å². The van der Waals surface area contributed by atoms with Crippen LogP contribution in [0.4, 0.5) is 0 Å². The molecule has 1 saturated heterocycles. The lowest BCUT2D eigenvalue weighted by Crippen LogP contribution is -2.49. The Balaban J connectivity index is 0.00000300. The first-order valence-electron chi connectivity index (χ1n) is 10.3. The Labute approximate surface area is 191 Å². The van der Waals surface area contributed by atoms with E-state index in [1.807, 2.05) is 38.5 Å². The lowest BCUT2D eigenvalue weighted by Gasteiger charge is -2.39. The molecule has 1 aromatic heterocycles. The zero-order valence-corrected chi connectivity index (χ0v) is 20.2. The van der Waals surface area contributed by atoms with Crippen LogP contribution in [0.3, 0.4) is 0 Å².